The molecule has 0 aromatic heterocycles. The molecule has 6 heteroatoms. The van der Waals surface area contributed by atoms with E-state index >= 15 is 0 Å². The number of carbonyl (C=O) groups excluding carboxylic acids is 1. The zero-order chi connectivity index (χ0) is 17.0. The van der Waals surface area contributed by atoms with E-state index in [2.05, 4.69) is 10.3 Å². The minimum atomic E-state index is -3.81. The molecule has 0 heterocycles. The number of nitrogens with one attached hydrogen (secondary N) is 2. The predicted octanol–water partition coefficient (Wildman–Crippen LogP) is 2.49. The van der Waals surface area contributed by atoms with Crippen molar-refractivity contribution in [2.24, 2.45) is 0 Å². The van der Waals surface area contributed by atoms with Gasteiger partial charge in [0.1, 0.15) is 0 Å². The van der Waals surface area contributed by atoms with E-state index in [9.17, 15) is 13.2 Å². The average molecular weight is 332 g/mol. The van der Waals surface area contributed by atoms with Gasteiger partial charge in [-0.1, -0.05) is 36.8 Å². The van der Waals surface area contributed by atoms with Gasteiger partial charge in [0, 0.05) is 5.56 Å². The van der Waals surface area contributed by atoms with Crippen molar-refractivity contribution in [1.82, 2.24) is 10.3 Å². The summed E-state index contributed by atoms with van der Waals surface area (Å²) in [5, 5.41) is 0. The largest absolute Gasteiger partial charge is 0.273 e. The highest BCUT2D eigenvalue weighted by molar-refractivity contribution is 7.89. The third kappa shape index (κ3) is 4.18. The Morgan fingerprint density at radius 2 is 1.70 bits per heavy atom. The van der Waals surface area contributed by atoms with Crippen LogP contribution in [0, 0.1) is 13.8 Å². The van der Waals surface area contributed by atoms with Gasteiger partial charge in [-0.05, 0) is 49.6 Å². The van der Waals surface area contributed by atoms with Crippen LogP contribution in [0.3, 0.4) is 0 Å². The SMILES string of the molecule is CCc1ccc(C(=O)NNS(=O)(=O)c2ccc(C)cc2C)cc1. The Balaban J connectivity index is 2.10. The fraction of sp³-hybridized carbons (Fsp3) is 0.235. The van der Waals surface area contributed by atoms with E-state index in [1.54, 1.807) is 31.2 Å². The molecule has 5 nitrogen and oxygen atoms in total. The Bertz CT molecular complexity index is 812. The molecule has 0 spiro atoms. The molecule has 0 radical (unpaired) electrons. The van der Waals surface area contributed by atoms with Crippen LogP contribution in [0.5, 0.6) is 0 Å². The van der Waals surface area contributed by atoms with Gasteiger partial charge in [0.25, 0.3) is 15.9 Å². The van der Waals surface area contributed by atoms with Crippen LogP contribution in [-0.2, 0) is 16.4 Å². The maximum absolute atomic E-state index is 12.3. The molecule has 0 saturated carbocycles. The third-order valence-electron chi connectivity index (χ3n) is 3.54. The summed E-state index contributed by atoms with van der Waals surface area (Å²) in [5.41, 5.74) is 5.34. The average Bonchev–Trinajstić information content (AvgIpc) is 2.52. The molecule has 0 aliphatic rings. The topological polar surface area (TPSA) is 75.3 Å². The highest BCUT2D eigenvalue weighted by atomic mass is 32.2. The van der Waals surface area contributed by atoms with Crippen molar-refractivity contribution in [3.8, 4) is 0 Å². The van der Waals surface area contributed by atoms with Crippen LogP contribution in [-0.4, -0.2) is 14.3 Å². The standard InChI is InChI=1S/C17H20N2O3S/c1-4-14-6-8-15(9-7-14)17(20)18-19-23(21,22)16-10-5-12(2)11-13(16)3/h5-11,19H,4H2,1-3H3,(H,18,20). The monoisotopic (exact) mass is 332 g/mol. The molecule has 0 atom stereocenters. The summed E-state index contributed by atoms with van der Waals surface area (Å²) in [7, 11) is -3.81. The maximum Gasteiger partial charge on any atom is 0.266 e. The first-order valence-corrected chi connectivity index (χ1v) is 8.80. The van der Waals surface area contributed by atoms with Crippen LogP contribution in [0.2, 0.25) is 0 Å². The number of hydrogen-bond donors (Lipinski definition) is 2. The number of amides is 1. The molecule has 0 aliphatic carbocycles. The minimum Gasteiger partial charge on any atom is -0.273 e. The lowest BCUT2D eigenvalue weighted by Crippen LogP contribution is -2.41. The van der Waals surface area contributed by atoms with Gasteiger partial charge in [-0.2, -0.15) is 0 Å². The lowest BCUT2D eigenvalue weighted by Gasteiger charge is -2.11. The van der Waals surface area contributed by atoms with Gasteiger partial charge in [-0.25, -0.2) is 8.42 Å². The second-order valence-electron chi connectivity index (χ2n) is 5.38. The fourth-order valence-corrected chi connectivity index (χ4v) is 3.30. The smallest absolute Gasteiger partial charge is 0.266 e. The molecule has 2 aromatic carbocycles. The van der Waals surface area contributed by atoms with Crippen LogP contribution >= 0.6 is 0 Å². The molecular formula is C17H20N2O3S. The molecule has 2 aromatic rings. The van der Waals surface area contributed by atoms with E-state index < -0.39 is 15.9 Å². The van der Waals surface area contributed by atoms with Crippen LogP contribution in [0.4, 0.5) is 0 Å². The van der Waals surface area contributed by atoms with E-state index in [-0.39, 0.29) is 4.90 Å². The van der Waals surface area contributed by atoms with Gasteiger partial charge < -0.3 is 0 Å². The van der Waals surface area contributed by atoms with Crippen LogP contribution in [0.25, 0.3) is 0 Å². The van der Waals surface area contributed by atoms with Gasteiger partial charge in [-0.15, -0.1) is 4.83 Å². The van der Waals surface area contributed by atoms with Crippen molar-refractivity contribution in [1.29, 1.82) is 0 Å². The predicted molar refractivity (Wildman–Crippen MR) is 89.5 cm³/mol. The number of aryl methyl sites for hydroxylation is 3. The molecule has 122 valence electrons. The first kappa shape index (κ1) is 17.2. The number of carbonyl (C=O) groups is 1. The van der Waals surface area contributed by atoms with Gasteiger partial charge in [0.15, 0.2) is 0 Å². The molecule has 2 rings (SSSR count). The number of hydrogen-bond acceptors (Lipinski definition) is 3. The van der Waals surface area contributed by atoms with E-state index in [1.165, 1.54) is 6.07 Å². The van der Waals surface area contributed by atoms with E-state index in [4.69, 9.17) is 0 Å². The van der Waals surface area contributed by atoms with Crippen LogP contribution in [0.15, 0.2) is 47.4 Å². The van der Waals surface area contributed by atoms with Crippen molar-refractivity contribution in [3.63, 3.8) is 0 Å². The molecule has 0 saturated heterocycles. The van der Waals surface area contributed by atoms with Crippen molar-refractivity contribution in [2.45, 2.75) is 32.1 Å². The molecule has 0 aliphatic heterocycles. The highest BCUT2D eigenvalue weighted by Gasteiger charge is 2.18. The normalized spacial score (nSPS) is 11.3. The third-order valence-corrected chi connectivity index (χ3v) is 4.95. The Kier molecular flexibility index (Phi) is 5.18. The molecule has 0 bridgehead atoms. The van der Waals surface area contributed by atoms with Crippen LogP contribution in [0.1, 0.15) is 34.0 Å². The first-order valence-electron chi connectivity index (χ1n) is 7.32. The number of benzene rings is 2. The maximum atomic E-state index is 12.3. The minimum absolute atomic E-state index is 0.143. The Labute approximate surface area is 136 Å². The summed E-state index contributed by atoms with van der Waals surface area (Å²) in [6.45, 7) is 5.62. The molecule has 1 amide bonds. The molecule has 2 N–H and O–H groups in total. The van der Waals surface area contributed by atoms with E-state index in [1.807, 2.05) is 26.0 Å². The molecule has 0 fully saturated rings. The van der Waals surface area contributed by atoms with Crippen molar-refractivity contribution in [3.05, 3.63) is 64.7 Å². The summed E-state index contributed by atoms with van der Waals surface area (Å²) in [4.78, 5) is 14.3. The lowest BCUT2D eigenvalue weighted by atomic mass is 10.1. The second-order valence-corrected chi connectivity index (χ2v) is 7.03. The molecular weight excluding hydrogens is 312 g/mol. The summed E-state index contributed by atoms with van der Waals surface area (Å²) in [5.74, 6) is -0.499. The van der Waals surface area contributed by atoms with E-state index in [0.717, 1.165) is 17.5 Å². The summed E-state index contributed by atoms with van der Waals surface area (Å²) < 4.78 is 24.5. The van der Waals surface area contributed by atoms with Gasteiger partial charge in [0.05, 0.1) is 4.90 Å². The Morgan fingerprint density at radius 3 is 2.26 bits per heavy atom. The second kappa shape index (κ2) is 6.93. The zero-order valence-corrected chi connectivity index (χ0v) is 14.2. The Hall–Kier alpha value is -2.18. The number of sulfonamides is 1. The molecule has 0 unspecified atom stereocenters. The fourth-order valence-electron chi connectivity index (χ4n) is 2.23. The quantitative estimate of drug-likeness (QED) is 0.826. The van der Waals surface area contributed by atoms with Gasteiger partial charge in [-0.3, -0.25) is 10.2 Å². The van der Waals surface area contributed by atoms with Crippen molar-refractivity contribution < 1.29 is 13.2 Å². The van der Waals surface area contributed by atoms with Crippen molar-refractivity contribution in [2.75, 3.05) is 0 Å². The number of rotatable bonds is 5. The summed E-state index contributed by atoms with van der Waals surface area (Å²) >= 11 is 0. The number of hydrazine groups is 1. The van der Waals surface area contributed by atoms with E-state index in [0.29, 0.717) is 11.1 Å². The van der Waals surface area contributed by atoms with Gasteiger partial charge >= 0.3 is 0 Å². The van der Waals surface area contributed by atoms with Crippen molar-refractivity contribution >= 4 is 15.9 Å². The van der Waals surface area contributed by atoms with Crippen LogP contribution < -0.4 is 10.3 Å². The highest BCUT2D eigenvalue weighted by Crippen LogP contribution is 2.15. The lowest BCUT2D eigenvalue weighted by molar-refractivity contribution is 0.0945. The summed E-state index contributed by atoms with van der Waals surface area (Å²) in [6.07, 6.45) is 0.876. The Morgan fingerprint density at radius 1 is 1.04 bits per heavy atom. The zero-order valence-electron chi connectivity index (χ0n) is 13.4. The first-order chi connectivity index (χ1) is 10.8. The summed E-state index contributed by atoms with van der Waals surface area (Å²) in [6, 6.07) is 12.0. The molecule has 23 heavy (non-hydrogen) atoms. The van der Waals surface area contributed by atoms with Gasteiger partial charge in [0.2, 0.25) is 0 Å².